The SMILES string of the molecule is CCCCC(CCC)n1c(CO)nnc1SCC(=O)O. The van der Waals surface area contributed by atoms with Crippen molar-refractivity contribution in [3.63, 3.8) is 0 Å². The lowest BCUT2D eigenvalue weighted by Crippen LogP contribution is -2.14. The monoisotopic (exact) mass is 301 g/mol. The normalized spacial score (nSPS) is 12.6. The van der Waals surface area contributed by atoms with Gasteiger partial charge in [-0.25, -0.2) is 0 Å². The number of thioether (sulfide) groups is 1. The number of carboxylic acids is 1. The van der Waals surface area contributed by atoms with Crippen LogP contribution in [-0.4, -0.2) is 36.7 Å². The van der Waals surface area contributed by atoms with E-state index in [1.807, 2.05) is 4.57 Å². The fourth-order valence-corrected chi connectivity index (χ4v) is 2.93. The number of carbonyl (C=O) groups is 1. The first-order valence-corrected chi connectivity index (χ1v) is 8.01. The van der Waals surface area contributed by atoms with Crippen molar-refractivity contribution in [2.75, 3.05) is 5.75 Å². The lowest BCUT2D eigenvalue weighted by molar-refractivity contribution is -0.133. The van der Waals surface area contributed by atoms with Gasteiger partial charge >= 0.3 is 5.97 Å². The third kappa shape index (κ3) is 4.79. The van der Waals surface area contributed by atoms with E-state index in [-0.39, 0.29) is 18.4 Å². The molecular formula is C13H23N3O3S. The summed E-state index contributed by atoms with van der Waals surface area (Å²) in [7, 11) is 0. The summed E-state index contributed by atoms with van der Waals surface area (Å²) < 4.78 is 1.92. The van der Waals surface area contributed by atoms with Crippen LogP contribution in [-0.2, 0) is 11.4 Å². The molecule has 1 rings (SSSR count). The van der Waals surface area contributed by atoms with Crippen molar-refractivity contribution in [2.24, 2.45) is 0 Å². The molecule has 0 bridgehead atoms. The maximum atomic E-state index is 10.7. The zero-order valence-electron chi connectivity index (χ0n) is 12.1. The molecule has 0 saturated carbocycles. The largest absolute Gasteiger partial charge is 0.481 e. The molecule has 0 aliphatic heterocycles. The van der Waals surface area contributed by atoms with E-state index >= 15 is 0 Å². The van der Waals surface area contributed by atoms with Gasteiger partial charge in [0.2, 0.25) is 0 Å². The molecule has 0 aromatic carbocycles. The third-order valence-corrected chi connectivity index (χ3v) is 4.01. The molecule has 6 nitrogen and oxygen atoms in total. The number of aliphatic hydroxyl groups excluding tert-OH is 1. The zero-order chi connectivity index (χ0) is 15.0. The first-order valence-electron chi connectivity index (χ1n) is 7.03. The molecule has 20 heavy (non-hydrogen) atoms. The summed E-state index contributed by atoms with van der Waals surface area (Å²) in [5.41, 5.74) is 0. The number of aliphatic carboxylic acids is 1. The average molecular weight is 301 g/mol. The lowest BCUT2D eigenvalue weighted by atomic mass is 10.0. The quantitative estimate of drug-likeness (QED) is 0.645. The second kappa shape index (κ2) is 8.97. The Morgan fingerprint density at radius 3 is 2.60 bits per heavy atom. The maximum Gasteiger partial charge on any atom is 0.313 e. The van der Waals surface area contributed by atoms with Crippen LogP contribution in [0.2, 0.25) is 0 Å². The molecule has 0 radical (unpaired) electrons. The van der Waals surface area contributed by atoms with Gasteiger partial charge in [-0.2, -0.15) is 0 Å². The van der Waals surface area contributed by atoms with Gasteiger partial charge in [0.15, 0.2) is 11.0 Å². The van der Waals surface area contributed by atoms with Crippen LogP contribution in [0.5, 0.6) is 0 Å². The highest BCUT2D eigenvalue weighted by atomic mass is 32.2. The standard InChI is InChI=1S/C13H23N3O3S/c1-3-5-7-10(6-4-2)16-11(8-17)14-15-13(16)20-9-12(18)19/h10,17H,3-9H2,1-2H3,(H,18,19). The molecule has 1 unspecified atom stereocenters. The van der Waals surface area contributed by atoms with E-state index in [0.29, 0.717) is 11.0 Å². The highest BCUT2D eigenvalue weighted by molar-refractivity contribution is 7.99. The zero-order valence-corrected chi connectivity index (χ0v) is 12.9. The molecule has 7 heteroatoms. The molecule has 0 spiro atoms. The predicted molar refractivity (Wildman–Crippen MR) is 77.8 cm³/mol. The Labute approximate surface area is 123 Å². The second-order valence-corrected chi connectivity index (χ2v) is 5.64. The van der Waals surface area contributed by atoms with Crippen molar-refractivity contribution in [2.45, 2.75) is 63.8 Å². The van der Waals surface area contributed by atoms with Gasteiger partial charge in [-0.05, 0) is 12.8 Å². The van der Waals surface area contributed by atoms with Gasteiger partial charge in [0.25, 0.3) is 0 Å². The molecule has 0 amide bonds. The molecule has 2 N–H and O–H groups in total. The molecule has 1 aromatic heterocycles. The number of nitrogens with zero attached hydrogens (tertiary/aromatic N) is 3. The molecule has 0 aliphatic rings. The predicted octanol–water partition coefficient (Wildman–Crippen LogP) is 2.48. The van der Waals surface area contributed by atoms with Gasteiger partial charge in [-0.15, -0.1) is 10.2 Å². The van der Waals surface area contributed by atoms with E-state index in [4.69, 9.17) is 5.11 Å². The molecule has 0 fully saturated rings. The van der Waals surface area contributed by atoms with Gasteiger partial charge in [0, 0.05) is 6.04 Å². The minimum absolute atomic E-state index is 0.0455. The van der Waals surface area contributed by atoms with Crippen LogP contribution in [0.4, 0.5) is 0 Å². The fraction of sp³-hybridized carbons (Fsp3) is 0.769. The Morgan fingerprint density at radius 1 is 1.30 bits per heavy atom. The maximum absolute atomic E-state index is 10.7. The Hall–Kier alpha value is -1.08. The van der Waals surface area contributed by atoms with Gasteiger partial charge in [-0.3, -0.25) is 4.79 Å². The topological polar surface area (TPSA) is 88.2 Å². The first-order chi connectivity index (χ1) is 9.63. The van der Waals surface area contributed by atoms with E-state index in [0.717, 1.165) is 43.9 Å². The summed E-state index contributed by atoms with van der Waals surface area (Å²) in [6.45, 7) is 4.08. The smallest absolute Gasteiger partial charge is 0.313 e. The molecule has 1 heterocycles. The molecule has 114 valence electrons. The summed E-state index contributed by atoms with van der Waals surface area (Å²) in [5.74, 6) is -0.404. The van der Waals surface area contributed by atoms with Crippen molar-refractivity contribution in [3.05, 3.63) is 5.82 Å². The van der Waals surface area contributed by atoms with Crippen molar-refractivity contribution >= 4 is 17.7 Å². The summed E-state index contributed by atoms with van der Waals surface area (Å²) >= 11 is 1.16. The van der Waals surface area contributed by atoms with Gasteiger partial charge in [0.05, 0.1) is 5.75 Å². The third-order valence-electron chi connectivity index (χ3n) is 3.08. The Kier molecular flexibility index (Phi) is 7.61. The highest BCUT2D eigenvalue weighted by Crippen LogP contribution is 2.28. The number of carboxylic acid groups (broad SMARTS) is 1. The number of unbranched alkanes of at least 4 members (excludes halogenated alkanes) is 1. The highest BCUT2D eigenvalue weighted by Gasteiger charge is 2.20. The molecule has 0 aliphatic carbocycles. The number of hydrogen-bond donors (Lipinski definition) is 2. The summed E-state index contributed by atoms with van der Waals surface area (Å²) in [6, 6.07) is 0.230. The van der Waals surface area contributed by atoms with E-state index < -0.39 is 5.97 Å². The van der Waals surface area contributed by atoms with E-state index in [2.05, 4.69) is 24.0 Å². The van der Waals surface area contributed by atoms with Crippen LogP contribution < -0.4 is 0 Å². The second-order valence-electron chi connectivity index (χ2n) is 4.69. The van der Waals surface area contributed by atoms with Crippen LogP contribution in [0.3, 0.4) is 0 Å². The number of rotatable bonds is 10. The number of hydrogen-bond acceptors (Lipinski definition) is 5. The van der Waals surface area contributed by atoms with Gasteiger partial charge < -0.3 is 14.8 Å². The number of aromatic nitrogens is 3. The van der Waals surface area contributed by atoms with Crippen molar-refractivity contribution in [3.8, 4) is 0 Å². The first kappa shape index (κ1) is 17.0. The van der Waals surface area contributed by atoms with Crippen LogP contribution in [0.25, 0.3) is 0 Å². The molecular weight excluding hydrogens is 278 g/mol. The summed E-state index contributed by atoms with van der Waals surface area (Å²) in [5, 5.41) is 26.8. The molecule has 0 saturated heterocycles. The number of aliphatic hydroxyl groups is 1. The van der Waals surface area contributed by atoms with Crippen LogP contribution in [0.15, 0.2) is 5.16 Å². The van der Waals surface area contributed by atoms with Crippen molar-refractivity contribution in [1.29, 1.82) is 0 Å². The van der Waals surface area contributed by atoms with Crippen LogP contribution in [0.1, 0.15) is 57.8 Å². The summed E-state index contributed by atoms with van der Waals surface area (Å²) in [4.78, 5) is 10.7. The summed E-state index contributed by atoms with van der Waals surface area (Å²) in [6.07, 6.45) is 5.20. The van der Waals surface area contributed by atoms with E-state index in [9.17, 15) is 9.90 Å². The van der Waals surface area contributed by atoms with E-state index in [1.165, 1.54) is 0 Å². The molecule has 1 atom stereocenters. The Morgan fingerprint density at radius 2 is 2.05 bits per heavy atom. The van der Waals surface area contributed by atoms with Gasteiger partial charge in [-0.1, -0.05) is 44.9 Å². The van der Waals surface area contributed by atoms with Crippen LogP contribution >= 0.6 is 11.8 Å². The average Bonchev–Trinajstić information content (AvgIpc) is 2.84. The van der Waals surface area contributed by atoms with Crippen molar-refractivity contribution < 1.29 is 15.0 Å². The minimum atomic E-state index is -0.879. The fourth-order valence-electron chi connectivity index (χ4n) is 2.18. The minimum Gasteiger partial charge on any atom is -0.481 e. The van der Waals surface area contributed by atoms with E-state index in [1.54, 1.807) is 0 Å². The Bertz CT molecular complexity index is 423. The molecule has 1 aromatic rings. The van der Waals surface area contributed by atoms with Crippen LogP contribution in [0, 0.1) is 0 Å². The van der Waals surface area contributed by atoms with Gasteiger partial charge in [0.1, 0.15) is 6.61 Å². The Balaban J connectivity index is 2.95. The van der Waals surface area contributed by atoms with Crippen molar-refractivity contribution in [1.82, 2.24) is 14.8 Å². The lowest BCUT2D eigenvalue weighted by Gasteiger charge is -2.21.